The van der Waals surface area contributed by atoms with Gasteiger partial charge < -0.3 is 18.7 Å². The number of methoxy groups -OCH3 is 2. The van der Waals surface area contributed by atoms with Crippen LogP contribution in [0.5, 0.6) is 11.5 Å². The highest BCUT2D eigenvalue weighted by Crippen LogP contribution is 2.30. The molecule has 27 heavy (non-hydrogen) atoms. The topological polar surface area (TPSA) is 70.8 Å². The van der Waals surface area contributed by atoms with Crippen molar-refractivity contribution in [1.29, 1.82) is 0 Å². The molecule has 0 bridgehead atoms. The lowest BCUT2D eigenvalue weighted by Crippen LogP contribution is -2.09. The summed E-state index contributed by atoms with van der Waals surface area (Å²) in [7, 11) is 2.92. The van der Waals surface area contributed by atoms with Gasteiger partial charge in [-0.05, 0) is 43.3 Å². The Kier molecular flexibility index (Phi) is 5.40. The van der Waals surface area contributed by atoms with Crippen LogP contribution in [0.4, 0.5) is 4.39 Å². The average molecular weight is 371 g/mol. The predicted molar refractivity (Wildman–Crippen MR) is 95.3 cm³/mol. The number of rotatable bonds is 6. The number of benzene rings is 2. The molecule has 3 rings (SSSR count). The number of esters is 1. The smallest absolute Gasteiger partial charge is 0.346 e. The molecule has 1 aromatic heterocycles. The first-order chi connectivity index (χ1) is 13.0. The molecule has 140 valence electrons. The van der Waals surface area contributed by atoms with Crippen molar-refractivity contribution in [1.82, 2.24) is 5.16 Å². The first-order valence-corrected chi connectivity index (χ1v) is 8.14. The zero-order valence-electron chi connectivity index (χ0n) is 15.1. The third-order valence-electron chi connectivity index (χ3n) is 4.10. The van der Waals surface area contributed by atoms with Gasteiger partial charge in [-0.15, -0.1) is 0 Å². The van der Waals surface area contributed by atoms with Gasteiger partial charge in [-0.3, -0.25) is 0 Å². The second-order valence-corrected chi connectivity index (χ2v) is 5.70. The minimum absolute atomic E-state index is 0.0867. The number of halogens is 1. The highest BCUT2D eigenvalue weighted by atomic mass is 19.1. The van der Waals surface area contributed by atoms with Gasteiger partial charge in [0.2, 0.25) is 0 Å². The third kappa shape index (κ3) is 3.76. The van der Waals surface area contributed by atoms with Crippen molar-refractivity contribution < 1.29 is 27.9 Å². The molecule has 0 amide bonds. The Morgan fingerprint density at radius 2 is 1.70 bits per heavy atom. The largest absolute Gasteiger partial charge is 0.496 e. The first kappa shape index (κ1) is 18.4. The molecule has 1 heterocycles. The van der Waals surface area contributed by atoms with Gasteiger partial charge in [-0.2, -0.15) is 0 Å². The summed E-state index contributed by atoms with van der Waals surface area (Å²) in [6.07, 6.45) is 0. The molecule has 0 aliphatic heterocycles. The molecule has 0 N–H and O–H groups in total. The molecule has 0 radical (unpaired) electrons. The molecule has 0 fully saturated rings. The van der Waals surface area contributed by atoms with Gasteiger partial charge in [-0.25, -0.2) is 9.18 Å². The maximum Gasteiger partial charge on any atom is 0.346 e. The maximum atomic E-state index is 13.1. The molecule has 2 aromatic carbocycles. The van der Waals surface area contributed by atoms with Crippen molar-refractivity contribution >= 4 is 5.97 Å². The quantitative estimate of drug-likeness (QED) is 0.606. The minimum atomic E-state index is -0.602. The Morgan fingerprint density at radius 1 is 1.07 bits per heavy atom. The van der Waals surface area contributed by atoms with Crippen molar-refractivity contribution in [2.75, 3.05) is 14.2 Å². The minimum Gasteiger partial charge on any atom is -0.496 e. The van der Waals surface area contributed by atoms with E-state index in [2.05, 4.69) is 5.16 Å². The summed E-state index contributed by atoms with van der Waals surface area (Å²) in [5.74, 6) is 0.258. The molecular weight excluding hydrogens is 353 g/mol. The maximum absolute atomic E-state index is 13.1. The van der Waals surface area contributed by atoms with Crippen molar-refractivity contribution in [3.05, 3.63) is 65.1 Å². The SMILES string of the molecule is COc1cccc(OC)c1C(=O)OCc1noc(-c2ccc(F)cc2)c1C. The first-order valence-electron chi connectivity index (χ1n) is 8.14. The van der Waals surface area contributed by atoms with Crippen LogP contribution in [0, 0.1) is 12.7 Å². The number of carbonyl (C=O) groups excluding carboxylic acids is 1. The third-order valence-corrected chi connectivity index (χ3v) is 4.10. The van der Waals surface area contributed by atoms with E-state index >= 15 is 0 Å². The second-order valence-electron chi connectivity index (χ2n) is 5.70. The van der Waals surface area contributed by atoms with E-state index in [-0.39, 0.29) is 18.0 Å². The summed E-state index contributed by atoms with van der Waals surface area (Å²) in [5, 5.41) is 3.96. The van der Waals surface area contributed by atoms with Gasteiger partial charge in [-0.1, -0.05) is 11.2 Å². The van der Waals surface area contributed by atoms with E-state index in [0.29, 0.717) is 34.1 Å². The van der Waals surface area contributed by atoms with Gasteiger partial charge in [0, 0.05) is 11.1 Å². The lowest BCUT2D eigenvalue weighted by molar-refractivity contribution is 0.0456. The Hall–Kier alpha value is -3.35. The molecular formula is C20H18FNO5. The fourth-order valence-electron chi connectivity index (χ4n) is 2.63. The molecule has 7 heteroatoms. The monoisotopic (exact) mass is 371 g/mol. The molecule has 3 aromatic rings. The van der Waals surface area contributed by atoms with Crippen LogP contribution in [0.2, 0.25) is 0 Å². The summed E-state index contributed by atoms with van der Waals surface area (Å²) >= 11 is 0. The Balaban J connectivity index is 1.78. The van der Waals surface area contributed by atoms with E-state index in [0.717, 1.165) is 0 Å². The highest BCUT2D eigenvalue weighted by Gasteiger charge is 2.21. The second kappa shape index (κ2) is 7.90. The van der Waals surface area contributed by atoms with Gasteiger partial charge in [0.1, 0.15) is 35.2 Å². The van der Waals surface area contributed by atoms with E-state index in [4.69, 9.17) is 18.7 Å². The Labute approximate surface area is 155 Å². The van der Waals surface area contributed by atoms with Crippen molar-refractivity contribution in [2.24, 2.45) is 0 Å². The van der Waals surface area contributed by atoms with Crippen molar-refractivity contribution in [3.8, 4) is 22.8 Å². The van der Waals surface area contributed by atoms with Crippen molar-refractivity contribution in [2.45, 2.75) is 13.5 Å². The van der Waals surface area contributed by atoms with Crippen LogP contribution in [0.1, 0.15) is 21.6 Å². The molecule has 0 atom stereocenters. The average Bonchev–Trinajstić information content (AvgIpc) is 3.06. The van der Waals surface area contributed by atoms with Gasteiger partial charge in [0.25, 0.3) is 0 Å². The zero-order valence-corrected chi connectivity index (χ0v) is 15.1. The molecule has 0 unspecified atom stereocenters. The fraction of sp³-hybridized carbons (Fsp3) is 0.200. The van der Waals surface area contributed by atoms with Gasteiger partial charge in [0.05, 0.1) is 14.2 Å². The number of carbonyl (C=O) groups is 1. The summed E-state index contributed by atoms with van der Waals surface area (Å²) < 4.78 is 34.2. The number of nitrogens with zero attached hydrogens (tertiary/aromatic N) is 1. The van der Waals surface area contributed by atoms with Crippen LogP contribution < -0.4 is 9.47 Å². The number of hydrogen-bond donors (Lipinski definition) is 0. The van der Waals surface area contributed by atoms with E-state index in [1.54, 1.807) is 37.3 Å². The van der Waals surface area contributed by atoms with Crippen LogP contribution in [0.25, 0.3) is 11.3 Å². The van der Waals surface area contributed by atoms with Crippen LogP contribution in [0.15, 0.2) is 47.0 Å². The zero-order chi connectivity index (χ0) is 19.4. The fourth-order valence-corrected chi connectivity index (χ4v) is 2.63. The summed E-state index contributed by atoms with van der Waals surface area (Å²) in [4.78, 5) is 12.5. The summed E-state index contributed by atoms with van der Waals surface area (Å²) in [6, 6.07) is 10.9. The molecule has 0 aliphatic carbocycles. The normalized spacial score (nSPS) is 10.5. The lowest BCUT2D eigenvalue weighted by Gasteiger charge is -2.12. The highest BCUT2D eigenvalue weighted by molar-refractivity contribution is 5.95. The Morgan fingerprint density at radius 3 is 2.30 bits per heavy atom. The molecule has 0 saturated heterocycles. The van der Waals surface area contributed by atoms with Crippen molar-refractivity contribution in [3.63, 3.8) is 0 Å². The number of aromatic nitrogens is 1. The Bertz CT molecular complexity index is 927. The summed E-state index contributed by atoms with van der Waals surface area (Å²) in [5.41, 5.74) is 2.06. The molecule has 0 saturated carbocycles. The van der Waals surface area contributed by atoms with Crippen LogP contribution in [0.3, 0.4) is 0 Å². The van der Waals surface area contributed by atoms with E-state index in [1.807, 2.05) is 0 Å². The number of hydrogen-bond acceptors (Lipinski definition) is 6. The summed E-state index contributed by atoms with van der Waals surface area (Å²) in [6.45, 7) is 1.71. The van der Waals surface area contributed by atoms with Crippen LogP contribution in [-0.4, -0.2) is 25.3 Å². The molecule has 0 spiro atoms. The number of ether oxygens (including phenoxy) is 3. The van der Waals surface area contributed by atoms with Crippen LogP contribution in [-0.2, 0) is 11.3 Å². The lowest BCUT2D eigenvalue weighted by atomic mass is 10.1. The van der Waals surface area contributed by atoms with E-state index in [1.165, 1.54) is 26.4 Å². The van der Waals surface area contributed by atoms with Gasteiger partial charge in [0.15, 0.2) is 5.76 Å². The predicted octanol–water partition coefficient (Wildman–Crippen LogP) is 4.16. The molecule has 0 aliphatic rings. The molecule has 6 nitrogen and oxygen atoms in total. The van der Waals surface area contributed by atoms with Crippen LogP contribution >= 0.6 is 0 Å². The van der Waals surface area contributed by atoms with E-state index < -0.39 is 5.97 Å². The standard InChI is InChI=1S/C20H18FNO5/c1-12-15(22-27-19(12)13-7-9-14(21)10-8-13)11-26-20(23)18-16(24-2)5-4-6-17(18)25-3/h4-10H,11H2,1-3H3. The van der Waals surface area contributed by atoms with Gasteiger partial charge >= 0.3 is 5.97 Å². The van der Waals surface area contributed by atoms with E-state index in [9.17, 15) is 9.18 Å².